The topological polar surface area (TPSA) is 57.5 Å². The summed E-state index contributed by atoms with van der Waals surface area (Å²) in [5.41, 5.74) is 3.27. The van der Waals surface area contributed by atoms with E-state index in [1.807, 2.05) is 19.1 Å². The van der Waals surface area contributed by atoms with Gasteiger partial charge in [-0.05, 0) is 54.4 Å². The molecule has 0 fully saturated rings. The molecule has 3 heteroatoms. The monoisotopic (exact) mass is 234 g/mol. The zero-order valence-electron chi connectivity index (χ0n) is 10.1. The minimum atomic E-state index is -0.824. The van der Waals surface area contributed by atoms with Crippen LogP contribution in [0.3, 0.4) is 0 Å². The number of hydrogen-bond acceptors (Lipinski definition) is 2. The number of hydrogen-bond donors (Lipinski definition) is 2. The van der Waals surface area contributed by atoms with Crippen molar-refractivity contribution in [2.75, 3.05) is 0 Å². The first kappa shape index (κ1) is 12.0. The maximum Gasteiger partial charge on any atom is 0.303 e. The van der Waals surface area contributed by atoms with E-state index in [4.69, 9.17) is 5.11 Å². The molecule has 0 spiro atoms. The molecule has 0 saturated heterocycles. The second-order valence-electron chi connectivity index (χ2n) is 4.89. The minimum absolute atomic E-state index is 0.0619. The van der Waals surface area contributed by atoms with Crippen LogP contribution in [-0.4, -0.2) is 16.2 Å². The van der Waals surface area contributed by atoms with Crippen LogP contribution in [0, 0.1) is 0 Å². The molecule has 1 aromatic rings. The molecular weight excluding hydrogens is 216 g/mol. The van der Waals surface area contributed by atoms with Gasteiger partial charge < -0.3 is 10.2 Å². The number of carboxylic acid groups (broad SMARTS) is 1. The lowest BCUT2D eigenvalue weighted by Crippen LogP contribution is -2.07. The van der Waals surface area contributed by atoms with E-state index in [2.05, 4.69) is 0 Å². The van der Waals surface area contributed by atoms with E-state index in [0.29, 0.717) is 0 Å². The summed E-state index contributed by atoms with van der Waals surface area (Å²) >= 11 is 0. The summed E-state index contributed by atoms with van der Waals surface area (Å²) in [6.07, 6.45) is 4.49. The van der Waals surface area contributed by atoms with Crippen LogP contribution in [-0.2, 0) is 17.6 Å². The molecule has 0 amide bonds. The molecule has 0 heterocycles. The van der Waals surface area contributed by atoms with E-state index < -0.39 is 5.97 Å². The normalized spacial score (nSPS) is 16.3. The van der Waals surface area contributed by atoms with Crippen molar-refractivity contribution < 1.29 is 15.0 Å². The molecular formula is C14H18O3. The molecule has 1 aromatic carbocycles. The Bertz CT molecular complexity index is 437. The van der Waals surface area contributed by atoms with Gasteiger partial charge in [0.1, 0.15) is 5.75 Å². The number of aryl methyl sites for hydroxylation is 2. The van der Waals surface area contributed by atoms with Gasteiger partial charge in [-0.1, -0.05) is 13.0 Å². The molecule has 2 rings (SSSR count). The van der Waals surface area contributed by atoms with Crippen molar-refractivity contribution in [1.82, 2.24) is 0 Å². The van der Waals surface area contributed by atoms with Gasteiger partial charge in [-0.2, -0.15) is 0 Å². The maximum absolute atomic E-state index is 10.7. The summed E-state index contributed by atoms with van der Waals surface area (Å²) in [6.45, 7) is 1.85. The summed E-state index contributed by atoms with van der Waals surface area (Å²) in [5, 5.41) is 18.7. The predicted octanol–water partition coefficient (Wildman–Crippen LogP) is 2.85. The van der Waals surface area contributed by atoms with Gasteiger partial charge >= 0.3 is 5.97 Å². The summed E-state index contributed by atoms with van der Waals surface area (Å²) in [4.78, 5) is 10.7. The molecule has 1 unspecified atom stereocenters. The van der Waals surface area contributed by atoms with Crippen LogP contribution in [0.15, 0.2) is 12.1 Å². The van der Waals surface area contributed by atoms with Crippen LogP contribution < -0.4 is 0 Å². The molecule has 3 nitrogen and oxygen atoms in total. The number of benzene rings is 1. The Morgan fingerprint density at radius 2 is 1.88 bits per heavy atom. The lowest BCUT2D eigenvalue weighted by atomic mass is 9.86. The molecule has 0 bridgehead atoms. The van der Waals surface area contributed by atoms with Crippen molar-refractivity contribution >= 4 is 5.97 Å². The second kappa shape index (κ2) is 4.78. The molecule has 0 aliphatic heterocycles. The highest BCUT2D eigenvalue weighted by atomic mass is 16.4. The van der Waals surface area contributed by atoms with Crippen LogP contribution in [0.4, 0.5) is 0 Å². The fourth-order valence-electron chi connectivity index (χ4n) is 2.56. The van der Waals surface area contributed by atoms with Crippen LogP contribution in [0.25, 0.3) is 0 Å². The van der Waals surface area contributed by atoms with Gasteiger partial charge in [0.25, 0.3) is 0 Å². The Hall–Kier alpha value is -1.51. The second-order valence-corrected chi connectivity index (χ2v) is 4.89. The van der Waals surface area contributed by atoms with Gasteiger partial charge in [0, 0.05) is 0 Å². The van der Waals surface area contributed by atoms with E-state index >= 15 is 0 Å². The minimum Gasteiger partial charge on any atom is -0.508 e. The van der Waals surface area contributed by atoms with E-state index in [0.717, 1.165) is 18.4 Å². The van der Waals surface area contributed by atoms with Crippen molar-refractivity contribution in [3.05, 3.63) is 28.8 Å². The third kappa shape index (κ3) is 2.60. The van der Waals surface area contributed by atoms with E-state index in [1.54, 1.807) is 0 Å². The molecule has 2 N–H and O–H groups in total. The molecule has 0 aromatic heterocycles. The number of phenols is 1. The lowest BCUT2D eigenvalue weighted by molar-refractivity contribution is -0.137. The Morgan fingerprint density at radius 3 is 2.47 bits per heavy atom. The first-order valence-corrected chi connectivity index (χ1v) is 6.14. The molecule has 0 radical (unpaired) electrons. The van der Waals surface area contributed by atoms with Gasteiger partial charge in [0.05, 0.1) is 6.42 Å². The van der Waals surface area contributed by atoms with E-state index in [1.165, 1.54) is 24.0 Å². The van der Waals surface area contributed by atoms with Crippen LogP contribution in [0.2, 0.25) is 0 Å². The largest absolute Gasteiger partial charge is 0.508 e. The molecule has 17 heavy (non-hydrogen) atoms. The number of carbonyl (C=O) groups is 1. The summed E-state index contributed by atoms with van der Waals surface area (Å²) in [5.74, 6) is -0.714. The van der Waals surface area contributed by atoms with Gasteiger partial charge in [-0.25, -0.2) is 0 Å². The number of aliphatic carboxylic acids is 1. The lowest BCUT2D eigenvalue weighted by Gasteiger charge is -2.20. The highest BCUT2D eigenvalue weighted by Gasteiger charge is 2.18. The SMILES string of the molecule is CC(CC(=O)O)c1cc2c(cc1O)CCCC2. The molecule has 1 aliphatic rings. The summed E-state index contributed by atoms with van der Waals surface area (Å²) in [7, 11) is 0. The van der Waals surface area contributed by atoms with Crippen molar-refractivity contribution in [3.8, 4) is 5.75 Å². The van der Waals surface area contributed by atoms with Crippen molar-refractivity contribution in [2.45, 2.75) is 44.9 Å². The maximum atomic E-state index is 10.7. The number of carboxylic acids is 1. The van der Waals surface area contributed by atoms with Crippen LogP contribution in [0.1, 0.15) is 48.8 Å². The third-order valence-corrected chi connectivity index (χ3v) is 3.50. The Labute approximate surface area is 101 Å². The fourth-order valence-corrected chi connectivity index (χ4v) is 2.56. The molecule has 92 valence electrons. The third-order valence-electron chi connectivity index (χ3n) is 3.50. The Balaban J connectivity index is 2.31. The summed E-state index contributed by atoms with van der Waals surface area (Å²) in [6, 6.07) is 3.82. The highest BCUT2D eigenvalue weighted by molar-refractivity contribution is 5.68. The highest BCUT2D eigenvalue weighted by Crippen LogP contribution is 2.33. The molecule has 1 atom stereocenters. The standard InChI is InChI=1S/C14H18O3/c1-9(6-14(16)17)12-7-10-4-2-3-5-11(10)8-13(12)15/h7-9,15H,2-6H2,1H3,(H,16,17). The Kier molecular flexibility index (Phi) is 3.36. The first-order chi connectivity index (χ1) is 8.08. The van der Waals surface area contributed by atoms with Crippen molar-refractivity contribution in [2.24, 2.45) is 0 Å². The van der Waals surface area contributed by atoms with Crippen molar-refractivity contribution in [1.29, 1.82) is 0 Å². The van der Waals surface area contributed by atoms with Gasteiger partial charge in [0.2, 0.25) is 0 Å². The first-order valence-electron chi connectivity index (χ1n) is 6.14. The zero-order valence-corrected chi connectivity index (χ0v) is 10.1. The predicted molar refractivity (Wildman–Crippen MR) is 65.4 cm³/mol. The summed E-state index contributed by atoms with van der Waals surface area (Å²) < 4.78 is 0. The fraction of sp³-hybridized carbons (Fsp3) is 0.500. The average molecular weight is 234 g/mol. The number of aromatic hydroxyl groups is 1. The number of phenolic OH excluding ortho intramolecular Hbond substituents is 1. The number of fused-ring (bicyclic) bond motifs is 1. The molecule has 0 saturated carbocycles. The van der Waals surface area contributed by atoms with Gasteiger partial charge in [0.15, 0.2) is 0 Å². The quantitative estimate of drug-likeness (QED) is 0.845. The van der Waals surface area contributed by atoms with E-state index in [9.17, 15) is 9.90 Å². The molecule has 1 aliphatic carbocycles. The smallest absolute Gasteiger partial charge is 0.303 e. The van der Waals surface area contributed by atoms with Crippen molar-refractivity contribution in [3.63, 3.8) is 0 Å². The van der Waals surface area contributed by atoms with Crippen LogP contribution in [0.5, 0.6) is 5.75 Å². The van der Waals surface area contributed by atoms with E-state index in [-0.39, 0.29) is 18.1 Å². The van der Waals surface area contributed by atoms with Gasteiger partial charge in [-0.15, -0.1) is 0 Å². The van der Waals surface area contributed by atoms with Crippen LogP contribution >= 0.6 is 0 Å². The zero-order chi connectivity index (χ0) is 12.4. The number of rotatable bonds is 3. The van der Waals surface area contributed by atoms with Gasteiger partial charge in [-0.3, -0.25) is 4.79 Å². The average Bonchev–Trinajstić information content (AvgIpc) is 2.27. The Morgan fingerprint density at radius 1 is 1.29 bits per heavy atom.